The quantitative estimate of drug-likeness (QED) is 0.728. The summed E-state index contributed by atoms with van der Waals surface area (Å²) in [6.45, 7) is 0.169. The molecule has 0 bridgehead atoms. The molecule has 2 N–H and O–H groups in total. The molecule has 1 heterocycles. The molecule has 0 radical (unpaired) electrons. The van der Waals surface area contributed by atoms with Crippen molar-refractivity contribution >= 4 is 11.9 Å². The Kier molecular flexibility index (Phi) is 2.97. The largest absolute Gasteiger partial charge is 0.497 e. The van der Waals surface area contributed by atoms with Crippen molar-refractivity contribution in [2.24, 2.45) is 0 Å². The highest BCUT2D eigenvalue weighted by molar-refractivity contribution is 6.03. The normalized spacial score (nSPS) is 19.4. The van der Waals surface area contributed by atoms with Crippen molar-refractivity contribution in [3.8, 4) is 5.75 Å². The Labute approximate surface area is 97.8 Å². The van der Waals surface area contributed by atoms with Crippen LogP contribution in [0.5, 0.6) is 5.75 Å². The van der Waals surface area contributed by atoms with Crippen molar-refractivity contribution in [3.05, 3.63) is 29.8 Å². The van der Waals surface area contributed by atoms with Crippen LogP contribution in [0.3, 0.4) is 0 Å². The van der Waals surface area contributed by atoms with Gasteiger partial charge in [-0.05, 0) is 17.7 Å². The Hall–Kier alpha value is -2.08. The van der Waals surface area contributed by atoms with Crippen LogP contribution in [0.2, 0.25) is 0 Å². The van der Waals surface area contributed by atoms with Crippen LogP contribution in [0.15, 0.2) is 24.3 Å². The first-order chi connectivity index (χ1) is 8.11. The third-order valence-electron chi connectivity index (χ3n) is 2.53. The lowest BCUT2D eigenvalue weighted by atomic mass is 10.2. The van der Waals surface area contributed by atoms with E-state index in [-0.39, 0.29) is 6.54 Å². The fraction of sp³-hybridized carbons (Fsp3) is 0.273. The Balaban J connectivity index is 2.10. The van der Waals surface area contributed by atoms with Crippen LogP contribution >= 0.6 is 0 Å². The zero-order chi connectivity index (χ0) is 12.4. The summed E-state index contributed by atoms with van der Waals surface area (Å²) in [4.78, 5) is 23.4. The van der Waals surface area contributed by atoms with E-state index in [1.807, 2.05) is 5.32 Å². The zero-order valence-corrected chi connectivity index (χ0v) is 9.21. The minimum absolute atomic E-state index is 0.169. The summed E-state index contributed by atoms with van der Waals surface area (Å²) in [6, 6.07) is 6.44. The lowest BCUT2D eigenvalue weighted by Crippen LogP contribution is -2.34. The van der Waals surface area contributed by atoms with Crippen LogP contribution in [-0.2, 0) is 11.3 Å². The Bertz CT molecular complexity index is 443. The Morgan fingerprint density at radius 2 is 2.00 bits per heavy atom. The lowest BCUT2D eigenvalue weighted by Gasteiger charge is -2.17. The van der Waals surface area contributed by atoms with Gasteiger partial charge in [0.15, 0.2) is 0 Å². The molecule has 0 aromatic heterocycles. The number of aliphatic hydroxyl groups excluding tert-OH is 1. The summed E-state index contributed by atoms with van der Waals surface area (Å²) < 4.78 is 5.00. The van der Waals surface area contributed by atoms with E-state index >= 15 is 0 Å². The van der Waals surface area contributed by atoms with Gasteiger partial charge in [-0.25, -0.2) is 4.79 Å². The molecule has 1 atom stereocenters. The number of nitrogens with one attached hydrogen (secondary N) is 1. The van der Waals surface area contributed by atoms with Crippen LogP contribution in [0, 0.1) is 0 Å². The van der Waals surface area contributed by atoms with Gasteiger partial charge in [0.05, 0.1) is 13.7 Å². The number of hydrogen-bond acceptors (Lipinski definition) is 4. The predicted molar refractivity (Wildman–Crippen MR) is 58.1 cm³/mol. The first-order valence-electron chi connectivity index (χ1n) is 5.04. The Morgan fingerprint density at radius 3 is 2.47 bits per heavy atom. The van der Waals surface area contributed by atoms with Gasteiger partial charge in [0, 0.05) is 0 Å². The van der Waals surface area contributed by atoms with Gasteiger partial charge >= 0.3 is 6.03 Å². The molecule has 2 rings (SSSR count). The maximum Gasteiger partial charge on any atom is 0.326 e. The average Bonchev–Trinajstić information content (AvgIpc) is 2.57. The highest BCUT2D eigenvalue weighted by atomic mass is 16.5. The number of carbonyl (C=O) groups excluding carboxylic acids is 2. The maximum atomic E-state index is 11.3. The van der Waals surface area contributed by atoms with Crippen molar-refractivity contribution in [1.29, 1.82) is 0 Å². The standard InChI is InChI=1S/C11H12N2O4/c1-17-8-4-2-7(3-5-8)6-13-10(15)9(14)12-11(13)16/h2-5,10,15H,6H2,1H3,(H,12,14,16). The van der Waals surface area contributed by atoms with Gasteiger partial charge in [-0.3, -0.25) is 15.0 Å². The van der Waals surface area contributed by atoms with E-state index in [9.17, 15) is 14.7 Å². The SMILES string of the molecule is COc1ccc(CN2C(=O)NC(=O)C2O)cc1. The molecule has 0 saturated carbocycles. The molecule has 90 valence electrons. The van der Waals surface area contributed by atoms with Gasteiger partial charge in [0.25, 0.3) is 5.91 Å². The topological polar surface area (TPSA) is 78.9 Å². The van der Waals surface area contributed by atoms with E-state index in [1.165, 1.54) is 0 Å². The summed E-state index contributed by atoms with van der Waals surface area (Å²) in [5.41, 5.74) is 0.801. The maximum absolute atomic E-state index is 11.3. The molecule has 1 unspecified atom stereocenters. The van der Waals surface area contributed by atoms with E-state index in [0.717, 1.165) is 10.5 Å². The van der Waals surface area contributed by atoms with E-state index in [2.05, 4.69) is 0 Å². The van der Waals surface area contributed by atoms with Gasteiger partial charge in [-0.15, -0.1) is 0 Å². The number of carbonyl (C=O) groups is 2. The number of rotatable bonds is 3. The number of benzene rings is 1. The summed E-state index contributed by atoms with van der Waals surface area (Å²) in [6.07, 6.45) is -1.41. The first-order valence-corrected chi connectivity index (χ1v) is 5.04. The smallest absolute Gasteiger partial charge is 0.326 e. The molecule has 1 fully saturated rings. The summed E-state index contributed by atoms with van der Waals surface area (Å²) >= 11 is 0. The molecule has 1 aromatic carbocycles. The van der Waals surface area contributed by atoms with Gasteiger partial charge in [0.2, 0.25) is 6.23 Å². The molecule has 0 spiro atoms. The molecule has 1 aliphatic rings. The fourth-order valence-electron chi connectivity index (χ4n) is 1.58. The lowest BCUT2D eigenvalue weighted by molar-refractivity contribution is -0.130. The minimum atomic E-state index is -1.41. The number of methoxy groups -OCH3 is 1. The molecule has 1 aromatic rings. The third-order valence-corrected chi connectivity index (χ3v) is 2.53. The van der Waals surface area contributed by atoms with Crippen LogP contribution in [0.1, 0.15) is 5.56 Å². The number of urea groups is 1. The first kappa shape index (κ1) is 11.4. The highest BCUT2D eigenvalue weighted by Gasteiger charge is 2.36. The number of amides is 3. The highest BCUT2D eigenvalue weighted by Crippen LogP contribution is 2.15. The second kappa shape index (κ2) is 4.42. The van der Waals surface area contributed by atoms with Crippen molar-refractivity contribution in [2.45, 2.75) is 12.8 Å². The molecule has 1 aliphatic heterocycles. The number of aliphatic hydroxyl groups is 1. The average molecular weight is 236 g/mol. The summed E-state index contributed by atoms with van der Waals surface area (Å²) in [7, 11) is 1.56. The molecule has 3 amide bonds. The monoisotopic (exact) mass is 236 g/mol. The van der Waals surface area contributed by atoms with Crippen molar-refractivity contribution < 1.29 is 19.4 Å². The van der Waals surface area contributed by atoms with E-state index in [1.54, 1.807) is 31.4 Å². The van der Waals surface area contributed by atoms with Crippen LogP contribution < -0.4 is 10.1 Å². The van der Waals surface area contributed by atoms with Crippen LogP contribution in [0.4, 0.5) is 4.79 Å². The van der Waals surface area contributed by atoms with Gasteiger partial charge in [-0.2, -0.15) is 0 Å². The van der Waals surface area contributed by atoms with Crippen molar-refractivity contribution in [3.63, 3.8) is 0 Å². The number of nitrogens with zero attached hydrogens (tertiary/aromatic N) is 1. The molecular weight excluding hydrogens is 224 g/mol. The summed E-state index contributed by atoms with van der Waals surface area (Å²) in [5, 5.41) is 11.5. The molecule has 6 nitrogen and oxygen atoms in total. The zero-order valence-electron chi connectivity index (χ0n) is 9.21. The molecule has 0 aliphatic carbocycles. The van der Waals surface area contributed by atoms with E-state index in [4.69, 9.17) is 4.74 Å². The number of imide groups is 1. The number of ether oxygens (including phenoxy) is 1. The molecule has 17 heavy (non-hydrogen) atoms. The number of hydrogen-bond donors (Lipinski definition) is 2. The predicted octanol–water partition coefficient (Wildman–Crippen LogP) is 0.0654. The van der Waals surface area contributed by atoms with Gasteiger partial charge < -0.3 is 9.84 Å². The second-order valence-corrected chi connectivity index (χ2v) is 3.64. The molecule has 1 saturated heterocycles. The van der Waals surface area contributed by atoms with Crippen LogP contribution in [-0.4, -0.2) is 35.3 Å². The van der Waals surface area contributed by atoms with E-state index in [0.29, 0.717) is 5.75 Å². The molecular formula is C11H12N2O4. The minimum Gasteiger partial charge on any atom is -0.497 e. The van der Waals surface area contributed by atoms with E-state index < -0.39 is 18.2 Å². The van der Waals surface area contributed by atoms with Gasteiger partial charge in [-0.1, -0.05) is 12.1 Å². The van der Waals surface area contributed by atoms with Crippen molar-refractivity contribution in [1.82, 2.24) is 10.2 Å². The fourth-order valence-corrected chi connectivity index (χ4v) is 1.58. The van der Waals surface area contributed by atoms with Crippen molar-refractivity contribution in [2.75, 3.05) is 7.11 Å². The third kappa shape index (κ3) is 2.21. The summed E-state index contributed by atoms with van der Waals surface area (Å²) in [5.74, 6) is 0.0137. The van der Waals surface area contributed by atoms with Crippen LogP contribution in [0.25, 0.3) is 0 Å². The second-order valence-electron chi connectivity index (χ2n) is 3.64. The Morgan fingerprint density at radius 1 is 1.35 bits per heavy atom. The van der Waals surface area contributed by atoms with Gasteiger partial charge in [0.1, 0.15) is 5.75 Å². The molecule has 6 heteroatoms.